The van der Waals surface area contributed by atoms with Gasteiger partial charge in [0.15, 0.2) is 0 Å². The van der Waals surface area contributed by atoms with E-state index in [0.29, 0.717) is 5.56 Å². The maximum absolute atomic E-state index is 14.0. The first kappa shape index (κ1) is 13.5. The molecule has 3 heteroatoms. The van der Waals surface area contributed by atoms with Gasteiger partial charge in [-0.1, -0.05) is 26.2 Å². The van der Waals surface area contributed by atoms with Gasteiger partial charge in [0.25, 0.3) is 0 Å². The Kier molecular flexibility index (Phi) is 4.33. The van der Waals surface area contributed by atoms with Crippen LogP contribution in [0.3, 0.4) is 0 Å². The van der Waals surface area contributed by atoms with Crippen molar-refractivity contribution in [2.75, 3.05) is 6.54 Å². The average Bonchev–Trinajstić information content (AvgIpc) is 2.59. The van der Waals surface area contributed by atoms with Crippen molar-refractivity contribution < 1.29 is 8.78 Å². The molecule has 2 rings (SSSR count). The van der Waals surface area contributed by atoms with Crippen LogP contribution in [-0.2, 0) is 5.54 Å². The minimum absolute atomic E-state index is 0.292. The lowest BCUT2D eigenvalue weighted by Gasteiger charge is -2.34. The van der Waals surface area contributed by atoms with E-state index < -0.39 is 0 Å². The normalized spacial score (nSPS) is 24.8. The van der Waals surface area contributed by atoms with Crippen LogP contribution in [-0.4, -0.2) is 6.54 Å². The number of benzene rings is 1. The van der Waals surface area contributed by atoms with Crippen molar-refractivity contribution in [1.82, 2.24) is 5.32 Å². The summed E-state index contributed by atoms with van der Waals surface area (Å²) in [7, 11) is 0. The molecule has 0 bridgehead atoms. The third kappa shape index (κ3) is 2.72. The highest BCUT2D eigenvalue weighted by molar-refractivity contribution is 5.27. The predicted octanol–water partition coefficient (Wildman–Crippen LogP) is 4.12. The maximum Gasteiger partial charge on any atom is 0.128 e. The monoisotopic (exact) mass is 253 g/mol. The molecule has 1 nitrogen and oxygen atoms in total. The standard InChI is InChI=1S/C15H21F2N/c1-2-8-15(9-4-3-5-10-18-15)13-11-12(16)6-7-14(13)17/h6-7,11,18H,2-5,8-10H2,1H3. The summed E-state index contributed by atoms with van der Waals surface area (Å²) in [5.41, 5.74) is 0.128. The summed E-state index contributed by atoms with van der Waals surface area (Å²) in [6, 6.07) is 3.80. The molecule has 0 amide bonds. The first-order valence-corrected chi connectivity index (χ1v) is 6.88. The molecular weight excluding hydrogens is 232 g/mol. The van der Waals surface area contributed by atoms with Crippen molar-refractivity contribution in [2.45, 2.75) is 51.0 Å². The van der Waals surface area contributed by atoms with Crippen LogP contribution in [0.1, 0.15) is 51.0 Å². The minimum Gasteiger partial charge on any atom is -0.307 e. The first-order chi connectivity index (χ1) is 8.68. The van der Waals surface area contributed by atoms with Gasteiger partial charge in [-0.15, -0.1) is 0 Å². The van der Waals surface area contributed by atoms with Gasteiger partial charge in [0.2, 0.25) is 0 Å². The third-order valence-electron chi connectivity index (χ3n) is 3.86. The molecule has 0 spiro atoms. The van der Waals surface area contributed by atoms with Crippen LogP contribution in [0, 0.1) is 11.6 Å². The molecule has 1 aliphatic heterocycles. The number of halogens is 2. The van der Waals surface area contributed by atoms with Gasteiger partial charge in [-0.05, 0) is 44.0 Å². The molecule has 1 heterocycles. The first-order valence-electron chi connectivity index (χ1n) is 6.88. The average molecular weight is 253 g/mol. The molecule has 100 valence electrons. The van der Waals surface area contributed by atoms with E-state index in [1.807, 2.05) is 0 Å². The van der Waals surface area contributed by atoms with Crippen LogP contribution in [0.4, 0.5) is 8.78 Å². The second kappa shape index (κ2) is 5.79. The SMILES string of the molecule is CCCC1(c2cc(F)ccc2F)CCCCCN1. The lowest BCUT2D eigenvalue weighted by molar-refractivity contribution is 0.285. The fraction of sp³-hybridized carbons (Fsp3) is 0.600. The zero-order valence-electron chi connectivity index (χ0n) is 10.9. The highest BCUT2D eigenvalue weighted by Gasteiger charge is 2.34. The largest absolute Gasteiger partial charge is 0.307 e. The molecule has 1 aromatic rings. The number of nitrogens with one attached hydrogen (secondary N) is 1. The fourth-order valence-corrected chi connectivity index (χ4v) is 3.01. The number of hydrogen-bond donors (Lipinski definition) is 1. The molecule has 1 fully saturated rings. The van der Waals surface area contributed by atoms with Crippen molar-refractivity contribution in [3.05, 3.63) is 35.4 Å². The van der Waals surface area contributed by atoms with E-state index in [1.165, 1.54) is 18.2 Å². The molecule has 1 saturated heterocycles. The molecule has 18 heavy (non-hydrogen) atoms. The Bertz CT molecular complexity index is 395. The molecule has 0 aromatic heterocycles. The Morgan fingerprint density at radius 3 is 2.83 bits per heavy atom. The van der Waals surface area contributed by atoms with Crippen molar-refractivity contribution in [3.8, 4) is 0 Å². The Balaban J connectivity index is 2.41. The highest BCUT2D eigenvalue weighted by Crippen LogP contribution is 2.35. The summed E-state index contributed by atoms with van der Waals surface area (Å²) in [6.07, 6.45) is 6.05. The van der Waals surface area contributed by atoms with Gasteiger partial charge < -0.3 is 5.32 Å². The van der Waals surface area contributed by atoms with Gasteiger partial charge in [-0.3, -0.25) is 0 Å². The van der Waals surface area contributed by atoms with Gasteiger partial charge >= 0.3 is 0 Å². The van der Waals surface area contributed by atoms with Crippen molar-refractivity contribution in [2.24, 2.45) is 0 Å². The predicted molar refractivity (Wildman–Crippen MR) is 69.4 cm³/mol. The molecule has 1 N–H and O–H groups in total. The Labute approximate surface area is 108 Å². The second-order valence-corrected chi connectivity index (χ2v) is 5.19. The molecule has 0 aliphatic carbocycles. The van der Waals surface area contributed by atoms with Crippen molar-refractivity contribution >= 4 is 0 Å². The van der Waals surface area contributed by atoms with Crippen LogP contribution in [0.5, 0.6) is 0 Å². The van der Waals surface area contributed by atoms with Gasteiger partial charge in [0.05, 0.1) is 0 Å². The van der Waals surface area contributed by atoms with E-state index in [1.54, 1.807) is 0 Å². The quantitative estimate of drug-likeness (QED) is 0.854. The van der Waals surface area contributed by atoms with Crippen LogP contribution < -0.4 is 5.32 Å². The van der Waals surface area contributed by atoms with E-state index in [2.05, 4.69) is 12.2 Å². The van der Waals surface area contributed by atoms with E-state index in [9.17, 15) is 8.78 Å². The lowest BCUT2D eigenvalue weighted by Crippen LogP contribution is -2.42. The van der Waals surface area contributed by atoms with Gasteiger partial charge in [-0.2, -0.15) is 0 Å². The fourth-order valence-electron chi connectivity index (χ4n) is 3.01. The summed E-state index contributed by atoms with van der Waals surface area (Å²) in [5, 5.41) is 3.47. The zero-order chi connectivity index (χ0) is 13.0. The highest BCUT2D eigenvalue weighted by atomic mass is 19.1. The molecule has 1 unspecified atom stereocenters. The molecular formula is C15H21F2N. The Morgan fingerprint density at radius 2 is 2.06 bits per heavy atom. The minimum atomic E-state index is -0.378. The van der Waals surface area contributed by atoms with Gasteiger partial charge in [0, 0.05) is 11.1 Å². The summed E-state index contributed by atoms with van der Waals surface area (Å²) in [5.74, 6) is -0.646. The van der Waals surface area contributed by atoms with E-state index >= 15 is 0 Å². The number of hydrogen-bond acceptors (Lipinski definition) is 1. The molecule has 0 radical (unpaired) electrons. The summed E-state index contributed by atoms with van der Waals surface area (Å²) in [4.78, 5) is 0. The summed E-state index contributed by atoms with van der Waals surface area (Å²) < 4.78 is 27.5. The van der Waals surface area contributed by atoms with Crippen molar-refractivity contribution in [1.29, 1.82) is 0 Å². The third-order valence-corrected chi connectivity index (χ3v) is 3.86. The Hall–Kier alpha value is -0.960. The van der Waals surface area contributed by atoms with Crippen LogP contribution in [0.15, 0.2) is 18.2 Å². The van der Waals surface area contributed by atoms with E-state index in [-0.39, 0.29) is 17.2 Å². The molecule has 1 aliphatic rings. The van der Waals surface area contributed by atoms with Gasteiger partial charge in [-0.25, -0.2) is 8.78 Å². The van der Waals surface area contributed by atoms with Crippen molar-refractivity contribution in [3.63, 3.8) is 0 Å². The smallest absolute Gasteiger partial charge is 0.128 e. The molecule has 0 saturated carbocycles. The number of rotatable bonds is 3. The van der Waals surface area contributed by atoms with Crippen LogP contribution >= 0.6 is 0 Å². The molecule has 1 aromatic carbocycles. The summed E-state index contributed by atoms with van der Waals surface area (Å²) >= 11 is 0. The van der Waals surface area contributed by atoms with E-state index in [4.69, 9.17) is 0 Å². The molecule has 1 atom stereocenters. The maximum atomic E-state index is 14.0. The topological polar surface area (TPSA) is 12.0 Å². The van der Waals surface area contributed by atoms with Crippen LogP contribution in [0.2, 0.25) is 0 Å². The van der Waals surface area contributed by atoms with E-state index in [0.717, 1.165) is 45.1 Å². The van der Waals surface area contributed by atoms with Crippen LogP contribution in [0.25, 0.3) is 0 Å². The zero-order valence-corrected chi connectivity index (χ0v) is 10.9. The second-order valence-electron chi connectivity index (χ2n) is 5.19. The summed E-state index contributed by atoms with van der Waals surface area (Å²) in [6.45, 7) is 2.97. The Morgan fingerprint density at radius 1 is 1.22 bits per heavy atom. The lowest BCUT2D eigenvalue weighted by atomic mass is 9.81. The van der Waals surface area contributed by atoms with Gasteiger partial charge in [0.1, 0.15) is 11.6 Å².